The van der Waals surface area contributed by atoms with Gasteiger partial charge in [0.1, 0.15) is 0 Å². The summed E-state index contributed by atoms with van der Waals surface area (Å²) in [5.41, 5.74) is 0.443. The van der Waals surface area contributed by atoms with Crippen molar-refractivity contribution in [3.63, 3.8) is 0 Å². The summed E-state index contributed by atoms with van der Waals surface area (Å²) in [6.45, 7) is 0. The summed E-state index contributed by atoms with van der Waals surface area (Å²) in [5.74, 6) is -0.829. The van der Waals surface area contributed by atoms with E-state index in [-0.39, 0.29) is 0 Å². The van der Waals surface area contributed by atoms with Crippen molar-refractivity contribution in [1.29, 1.82) is 0 Å². The maximum absolute atomic E-state index is 10.9. The molecule has 0 aliphatic rings. The number of thiophene rings is 3. The fraction of sp³-hybridized carbons (Fsp3) is 0. The van der Waals surface area contributed by atoms with Gasteiger partial charge in [-0.2, -0.15) is 0 Å². The molecule has 0 spiro atoms. The van der Waals surface area contributed by atoms with Gasteiger partial charge in [0.2, 0.25) is 0 Å². The molecule has 1 N–H and O–H groups in total. The Balaban J connectivity index is 2.50. The van der Waals surface area contributed by atoms with Crippen LogP contribution < -0.4 is 0 Å². The molecule has 14 heavy (non-hydrogen) atoms. The molecule has 3 heterocycles. The van der Waals surface area contributed by atoms with Crippen molar-refractivity contribution in [2.24, 2.45) is 0 Å². The molecule has 0 aromatic carbocycles. The van der Waals surface area contributed by atoms with E-state index in [1.807, 2.05) is 11.4 Å². The largest absolute Gasteiger partial charge is 0.478 e. The molecule has 0 unspecified atom stereocenters. The van der Waals surface area contributed by atoms with Crippen molar-refractivity contribution >= 4 is 58.8 Å². The minimum absolute atomic E-state index is 0.443. The van der Waals surface area contributed by atoms with Gasteiger partial charge in [0.15, 0.2) is 0 Å². The van der Waals surface area contributed by atoms with Gasteiger partial charge in [-0.05, 0) is 11.4 Å². The van der Waals surface area contributed by atoms with Crippen LogP contribution in [0.25, 0.3) is 18.8 Å². The van der Waals surface area contributed by atoms with Gasteiger partial charge in [0.25, 0.3) is 0 Å². The van der Waals surface area contributed by atoms with E-state index < -0.39 is 5.97 Å². The Morgan fingerprint density at radius 2 is 2.07 bits per heavy atom. The molecule has 0 fully saturated rings. The number of hydrogen-bond donors (Lipinski definition) is 1. The molecule has 0 aliphatic heterocycles. The molecule has 0 aliphatic carbocycles. The molecule has 0 saturated heterocycles. The predicted octanol–water partition coefficient (Wildman–Crippen LogP) is 3.88. The van der Waals surface area contributed by atoms with Gasteiger partial charge in [-0.1, -0.05) is 0 Å². The molecular weight excluding hydrogens is 236 g/mol. The second kappa shape index (κ2) is 2.79. The van der Waals surface area contributed by atoms with E-state index in [0.29, 0.717) is 5.56 Å². The quantitative estimate of drug-likeness (QED) is 0.701. The monoisotopic (exact) mass is 240 g/mol. The third kappa shape index (κ3) is 0.972. The Kier molecular flexibility index (Phi) is 1.67. The molecule has 0 bridgehead atoms. The molecule has 0 saturated carbocycles. The summed E-state index contributed by atoms with van der Waals surface area (Å²) in [6, 6.07) is 2.04. The molecule has 2 nitrogen and oxygen atoms in total. The van der Waals surface area contributed by atoms with E-state index >= 15 is 0 Å². The van der Waals surface area contributed by atoms with Crippen LogP contribution in [0.1, 0.15) is 10.4 Å². The van der Waals surface area contributed by atoms with Crippen LogP contribution in [0.15, 0.2) is 16.8 Å². The molecule has 0 amide bonds. The van der Waals surface area contributed by atoms with E-state index in [1.165, 1.54) is 20.7 Å². The van der Waals surface area contributed by atoms with E-state index in [1.54, 1.807) is 28.1 Å². The number of hydrogen-bond acceptors (Lipinski definition) is 4. The first-order valence-electron chi connectivity index (χ1n) is 3.88. The number of fused-ring (bicyclic) bond motifs is 3. The Morgan fingerprint density at radius 1 is 1.21 bits per heavy atom. The molecule has 3 aromatic heterocycles. The number of rotatable bonds is 1. The first-order chi connectivity index (χ1) is 6.77. The van der Waals surface area contributed by atoms with E-state index in [4.69, 9.17) is 5.11 Å². The topological polar surface area (TPSA) is 37.3 Å². The lowest BCUT2D eigenvalue weighted by Gasteiger charge is -1.84. The summed E-state index contributed by atoms with van der Waals surface area (Å²) in [7, 11) is 0. The van der Waals surface area contributed by atoms with Crippen LogP contribution in [0.5, 0.6) is 0 Å². The SMILES string of the molecule is O=C(O)c1csc2c1sc1ccsc12. The number of carboxylic acids is 1. The number of aromatic carboxylic acids is 1. The van der Waals surface area contributed by atoms with Crippen molar-refractivity contribution in [2.45, 2.75) is 0 Å². The maximum atomic E-state index is 10.9. The van der Waals surface area contributed by atoms with Crippen molar-refractivity contribution in [3.05, 3.63) is 22.4 Å². The van der Waals surface area contributed by atoms with Gasteiger partial charge in [-0.25, -0.2) is 4.79 Å². The molecule has 0 atom stereocenters. The number of carbonyl (C=O) groups is 1. The lowest BCUT2D eigenvalue weighted by atomic mass is 10.3. The Labute approximate surface area is 91.0 Å². The van der Waals surface area contributed by atoms with E-state index in [0.717, 1.165) is 9.40 Å². The Morgan fingerprint density at radius 3 is 2.86 bits per heavy atom. The highest BCUT2D eigenvalue weighted by Crippen LogP contribution is 2.42. The average Bonchev–Trinajstić information content (AvgIpc) is 2.70. The smallest absolute Gasteiger partial charge is 0.338 e. The zero-order valence-corrected chi connectivity index (χ0v) is 9.26. The molecule has 3 rings (SSSR count). The van der Waals surface area contributed by atoms with Crippen molar-refractivity contribution in [2.75, 3.05) is 0 Å². The first-order valence-corrected chi connectivity index (χ1v) is 6.45. The van der Waals surface area contributed by atoms with Gasteiger partial charge in [0, 0.05) is 10.1 Å². The first kappa shape index (κ1) is 8.40. The van der Waals surface area contributed by atoms with Crippen molar-refractivity contribution in [1.82, 2.24) is 0 Å². The fourth-order valence-electron chi connectivity index (χ4n) is 1.41. The summed E-state index contributed by atoms with van der Waals surface area (Å²) < 4.78 is 4.46. The molecular formula is C9H4O2S3. The second-order valence-corrected chi connectivity index (χ2v) is 5.68. The minimum atomic E-state index is -0.829. The van der Waals surface area contributed by atoms with Crippen molar-refractivity contribution < 1.29 is 9.90 Å². The Hall–Kier alpha value is -0.910. The van der Waals surface area contributed by atoms with Gasteiger partial charge < -0.3 is 5.11 Å². The summed E-state index contributed by atoms with van der Waals surface area (Å²) >= 11 is 4.77. The van der Waals surface area contributed by atoms with Gasteiger partial charge >= 0.3 is 5.97 Å². The van der Waals surface area contributed by atoms with Crippen LogP contribution >= 0.6 is 34.0 Å². The molecule has 70 valence electrons. The van der Waals surface area contributed by atoms with Crippen molar-refractivity contribution in [3.8, 4) is 0 Å². The highest BCUT2D eigenvalue weighted by Gasteiger charge is 2.16. The molecule has 5 heteroatoms. The zero-order valence-electron chi connectivity index (χ0n) is 6.81. The highest BCUT2D eigenvalue weighted by molar-refractivity contribution is 7.38. The minimum Gasteiger partial charge on any atom is -0.478 e. The summed E-state index contributed by atoms with van der Waals surface area (Å²) in [6.07, 6.45) is 0. The molecule has 0 radical (unpaired) electrons. The Bertz CT molecular complexity index is 629. The second-order valence-electron chi connectivity index (χ2n) is 2.83. The fourth-order valence-corrected chi connectivity index (χ4v) is 5.15. The van der Waals surface area contributed by atoms with Crippen LogP contribution in [0.3, 0.4) is 0 Å². The van der Waals surface area contributed by atoms with Crippen LogP contribution in [0.4, 0.5) is 0 Å². The van der Waals surface area contributed by atoms with Gasteiger partial charge in [-0.3, -0.25) is 0 Å². The third-order valence-electron chi connectivity index (χ3n) is 2.02. The predicted molar refractivity (Wildman–Crippen MR) is 62.0 cm³/mol. The van der Waals surface area contributed by atoms with E-state index in [2.05, 4.69) is 0 Å². The van der Waals surface area contributed by atoms with Crippen LogP contribution in [-0.2, 0) is 0 Å². The third-order valence-corrected chi connectivity index (χ3v) is 5.53. The summed E-state index contributed by atoms with van der Waals surface area (Å²) in [5, 5.41) is 12.7. The normalized spacial score (nSPS) is 11.4. The van der Waals surface area contributed by atoms with Gasteiger partial charge in [0.05, 0.1) is 19.7 Å². The van der Waals surface area contributed by atoms with Crippen LogP contribution in [0.2, 0.25) is 0 Å². The average molecular weight is 240 g/mol. The highest BCUT2D eigenvalue weighted by atomic mass is 32.1. The lowest BCUT2D eigenvalue weighted by molar-refractivity contribution is 0.0700. The number of carboxylic acid groups (broad SMARTS) is 1. The van der Waals surface area contributed by atoms with Crippen LogP contribution in [-0.4, -0.2) is 11.1 Å². The standard InChI is InChI=1S/C9H4O2S3/c10-9(11)4-3-13-8-6(4)14-5-1-2-12-7(5)8/h1-3H,(H,10,11). The van der Waals surface area contributed by atoms with Gasteiger partial charge in [-0.15, -0.1) is 34.0 Å². The van der Waals surface area contributed by atoms with Crippen LogP contribution in [0, 0.1) is 0 Å². The molecule has 3 aromatic rings. The lowest BCUT2D eigenvalue weighted by Crippen LogP contribution is -1.91. The summed E-state index contributed by atoms with van der Waals surface area (Å²) in [4.78, 5) is 10.9. The zero-order chi connectivity index (χ0) is 9.71. The maximum Gasteiger partial charge on any atom is 0.338 e. The van der Waals surface area contributed by atoms with E-state index in [9.17, 15) is 4.79 Å².